The van der Waals surface area contributed by atoms with Crippen LogP contribution in [0.15, 0.2) is 54.3 Å². The van der Waals surface area contributed by atoms with E-state index in [-0.39, 0.29) is 29.9 Å². The highest BCUT2D eigenvalue weighted by Gasteiger charge is 2.46. The Labute approximate surface area is 221 Å². The number of H-pyrrole nitrogens is 1. The Morgan fingerprint density at radius 1 is 1.16 bits per heavy atom. The molecule has 0 saturated carbocycles. The van der Waals surface area contributed by atoms with Crippen LogP contribution in [0.25, 0.3) is 10.9 Å². The number of amides is 1. The summed E-state index contributed by atoms with van der Waals surface area (Å²) in [5.74, 6) is 1.15. The van der Waals surface area contributed by atoms with Gasteiger partial charge in [0.25, 0.3) is 0 Å². The van der Waals surface area contributed by atoms with Crippen LogP contribution in [-0.4, -0.2) is 55.2 Å². The fourth-order valence-corrected chi connectivity index (χ4v) is 6.51. The Hall–Kier alpha value is -3.78. The van der Waals surface area contributed by atoms with Gasteiger partial charge >= 0.3 is 5.97 Å². The van der Waals surface area contributed by atoms with Gasteiger partial charge in [-0.2, -0.15) is 0 Å². The van der Waals surface area contributed by atoms with Crippen molar-refractivity contribution in [1.29, 1.82) is 0 Å². The van der Waals surface area contributed by atoms with Gasteiger partial charge in [-0.3, -0.25) is 9.69 Å². The Kier molecular flexibility index (Phi) is 6.35. The largest absolute Gasteiger partial charge is 0.497 e. The number of aromatic nitrogens is 1. The van der Waals surface area contributed by atoms with Crippen molar-refractivity contribution in [3.8, 4) is 5.75 Å². The third kappa shape index (κ3) is 4.22. The first kappa shape index (κ1) is 24.6. The summed E-state index contributed by atoms with van der Waals surface area (Å²) in [7, 11) is 3.13. The fourth-order valence-electron chi connectivity index (χ4n) is 6.51. The molecule has 1 fully saturated rings. The first-order valence-electron chi connectivity index (χ1n) is 13.2. The number of carbonyl (C=O) groups excluding carboxylic acids is 2. The summed E-state index contributed by atoms with van der Waals surface area (Å²) in [5, 5.41) is 4.04. The summed E-state index contributed by atoms with van der Waals surface area (Å²) < 4.78 is 16.2. The molecule has 38 heavy (non-hydrogen) atoms. The Bertz CT molecular complexity index is 1400. The van der Waals surface area contributed by atoms with Gasteiger partial charge < -0.3 is 24.5 Å². The molecule has 8 heteroatoms. The molecule has 8 nitrogen and oxygen atoms in total. The van der Waals surface area contributed by atoms with Gasteiger partial charge in [-0.15, -0.1) is 0 Å². The Morgan fingerprint density at radius 3 is 2.79 bits per heavy atom. The van der Waals surface area contributed by atoms with Gasteiger partial charge in [0.1, 0.15) is 5.75 Å². The number of esters is 1. The van der Waals surface area contributed by atoms with Crippen molar-refractivity contribution in [2.45, 2.75) is 38.3 Å². The molecule has 5 heterocycles. The summed E-state index contributed by atoms with van der Waals surface area (Å²) in [6, 6.07) is 14.3. The molecule has 0 bridgehead atoms. The van der Waals surface area contributed by atoms with Crippen molar-refractivity contribution in [2.75, 3.05) is 32.6 Å². The molecular weight excluding hydrogens is 482 g/mol. The first-order chi connectivity index (χ1) is 18.5. The van der Waals surface area contributed by atoms with Gasteiger partial charge in [-0.1, -0.05) is 18.2 Å². The van der Waals surface area contributed by atoms with E-state index in [0.717, 1.165) is 48.4 Å². The average molecular weight is 516 g/mol. The van der Waals surface area contributed by atoms with E-state index in [1.165, 1.54) is 23.8 Å². The second kappa shape index (κ2) is 9.83. The zero-order valence-electron chi connectivity index (χ0n) is 22.0. The van der Waals surface area contributed by atoms with Crippen LogP contribution in [0.3, 0.4) is 0 Å². The number of para-hydroxylation sites is 1. The molecule has 2 N–H and O–H groups in total. The second-order valence-electron chi connectivity index (χ2n) is 10.5. The number of anilines is 1. The maximum atomic E-state index is 12.3. The van der Waals surface area contributed by atoms with E-state index in [1.807, 2.05) is 30.3 Å². The number of carbonyl (C=O) groups is 2. The number of piperidine rings is 1. The molecular formula is C30H33N3O5. The highest BCUT2D eigenvalue weighted by Crippen LogP contribution is 2.47. The molecule has 1 saturated heterocycles. The van der Waals surface area contributed by atoms with E-state index in [4.69, 9.17) is 14.2 Å². The molecule has 1 aromatic heterocycles. The van der Waals surface area contributed by atoms with Crippen molar-refractivity contribution in [3.63, 3.8) is 0 Å². The maximum absolute atomic E-state index is 12.3. The minimum Gasteiger partial charge on any atom is -0.497 e. The normalized spacial score (nSPS) is 25.3. The Balaban J connectivity index is 0.000000221. The zero-order chi connectivity index (χ0) is 26.4. The number of hydrogen-bond donors (Lipinski definition) is 2. The number of rotatable bonds is 2. The van der Waals surface area contributed by atoms with Crippen molar-refractivity contribution < 1.29 is 23.8 Å². The predicted molar refractivity (Wildman–Crippen MR) is 144 cm³/mol. The molecule has 4 atom stereocenters. The van der Waals surface area contributed by atoms with E-state index < -0.39 is 0 Å². The third-order valence-corrected chi connectivity index (χ3v) is 8.48. The van der Waals surface area contributed by atoms with E-state index in [0.29, 0.717) is 17.9 Å². The lowest BCUT2D eigenvalue weighted by Crippen LogP contribution is -2.51. The number of nitrogens with zero attached hydrogens (tertiary/aromatic N) is 1. The average Bonchev–Trinajstić information content (AvgIpc) is 3.51. The summed E-state index contributed by atoms with van der Waals surface area (Å²) in [6.45, 7) is 4.07. The zero-order valence-corrected chi connectivity index (χ0v) is 22.0. The summed E-state index contributed by atoms with van der Waals surface area (Å²) in [5.41, 5.74) is 6.56. The van der Waals surface area contributed by atoms with Gasteiger partial charge in [-0.25, -0.2) is 4.79 Å². The first-order valence-corrected chi connectivity index (χ1v) is 13.2. The molecule has 1 amide bonds. The number of benzene rings is 2. The van der Waals surface area contributed by atoms with Crippen LogP contribution >= 0.6 is 0 Å². The Morgan fingerprint density at radius 2 is 2.00 bits per heavy atom. The lowest BCUT2D eigenvalue weighted by molar-refractivity contribution is -0.139. The molecule has 2 aromatic carbocycles. The monoisotopic (exact) mass is 515 g/mol. The van der Waals surface area contributed by atoms with Crippen LogP contribution in [-0.2, 0) is 31.9 Å². The summed E-state index contributed by atoms with van der Waals surface area (Å²) >= 11 is 0. The SMILES string of the molecule is COC(=O)C1=CO[C@@H](C)[C@@H]2CN3CCc4c([nH]c5cc(OC)ccc45)[C@@H]3C[C@H]12.O=C1Cc2ccccc2N1. The fraction of sp³-hybridized carbons (Fsp3) is 0.400. The van der Waals surface area contributed by atoms with Gasteiger partial charge in [0.15, 0.2) is 0 Å². The van der Waals surface area contributed by atoms with Crippen molar-refractivity contribution in [2.24, 2.45) is 11.8 Å². The third-order valence-electron chi connectivity index (χ3n) is 8.48. The molecule has 3 aromatic rings. The number of methoxy groups -OCH3 is 2. The highest BCUT2D eigenvalue weighted by molar-refractivity contribution is 5.99. The molecule has 4 aliphatic heterocycles. The van der Waals surface area contributed by atoms with Gasteiger partial charge in [0, 0.05) is 53.3 Å². The minimum absolute atomic E-state index is 0.0983. The van der Waals surface area contributed by atoms with Crippen molar-refractivity contribution in [3.05, 3.63) is 71.1 Å². The molecule has 7 rings (SSSR count). The van der Waals surface area contributed by atoms with E-state index in [1.54, 1.807) is 13.4 Å². The van der Waals surface area contributed by atoms with Crippen LogP contribution in [0.4, 0.5) is 5.69 Å². The van der Waals surface area contributed by atoms with Gasteiger partial charge in [-0.05, 0) is 49.1 Å². The van der Waals surface area contributed by atoms with Crippen LogP contribution in [0.5, 0.6) is 5.75 Å². The quantitative estimate of drug-likeness (QED) is 0.493. The van der Waals surface area contributed by atoms with E-state index in [9.17, 15) is 9.59 Å². The summed E-state index contributed by atoms with van der Waals surface area (Å²) in [6.07, 6.45) is 4.21. The minimum atomic E-state index is -0.271. The summed E-state index contributed by atoms with van der Waals surface area (Å²) in [4.78, 5) is 29.3. The second-order valence-corrected chi connectivity index (χ2v) is 10.5. The smallest absolute Gasteiger partial charge is 0.337 e. The number of hydrogen-bond acceptors (Lipinski definition) is 6. The van der Waals surface area contributed by atoms with E-state index >= 15 is 0 Å². The van der Waals surface area contributed by atoms with Crippen LogP contribution in [0.2, 0.25) is 0 Å². The maximum Gasteiger partial charge on any atom is 0.337 e. The molecule has 0 spiro atoms. The molecule has 0 aliphatic carbocycles. The van der Waals surface area contributed by atoms with Crippen LogP contribution < -0.4 is 10.1 Å². The van der Waals surface area contributed by atoms with Crippen LogP contribution in [0, 0.1) is 11.8 Å². The number of nitrogens with one attached hydrogen (secondary N) is 2. The van der Waals surface area contributed by atoms with E-state index in [2.05, 4.69) is 34.3 Å². The number of aromatic amines is 1. The lowest BCUT2D eigenvalue weighted by atomic mass is 9.72. The van der Waals surface area contributed by atoms with Gasteiger partial charge in [0.2, 0.25) is 5.91 Å². The number of ether oxygens (including phenoxy) is 3. The number of fused-ring (bicyclic) bond motifs is 7. The highest BCUT2D eigenvalue weighted by atomic mass is 16.5. The molecule has 0 radical (unpaired) electrons. The molecule has 0 unspecified atom stereocenters. The lowest BCUT2D eigenvalue weighted by Gasteiger charge is -2.49. The predicted octanol–water partition coefficient (Wildman–Crippen LogP) is 4.37. The van der Waals surface area contributed by atoms with Crippen molar-refractivity contribution >= 4 is 28.5 Å². The molecule has 198 valence electrons. The topological polar surface area (TPSA) is 92.9 Å². The van der Waals surface area contributed by atoms with Crippen LogP contribution in [0.1, 0.15) is 36.2 Å². The molecule has 4 aliphatic rings. The van der Waals surface area contributed by atoms with Gasteiger partial charge in [0.05, 0.1) is 44.6 Å². The standard InChI is InChI=1S/C22H26N2O4.C8H7NO/c1-12-17-10-24-7-6-15-14-5-4-13(26-2)8-19(14)23-21(15)20(24)9-16(17)18(11-28-12)22(25)27-3;10-8-5-6-3-1-2-4-7(6)9-8/h4-5,8,11-12,16-17,20,23H,6-7,9-10H2,1-3H3;1-4H,5H2,(H,9,10)/t12-,16-,17-,20-;/m0./s1. The van der Waals surface area contributed by atoms with Crippen molar-refractivity contribution in [1.82, 2.24) is 9.88 Å².